The summed E-state index contributed by atoms with van der Waals surface area (Å²) < 4.78 is 1.92. The predicted octanol–water partition coefficient (Wildman–Crippen LogP) is 1.81. The maximum atomic E-state index is 8.85. The van der Waals surface area contributed by atoms with Gasteiger partial charge in [-0.1, -0.05) is 26.7 Å². The second kappa shape index (κ2) is 5.02. The zero-order chi connectivity index (χ0) is 9.68. The van der Waals surface area contributed by atoms with Gasteiger partial charge in [-0.25, -0.2) is 0 Å². The summed E-state index contributed by atoms with van der Waals surface area (Å²) in [5.41, 5.74) is 0.894. The van der Waals surface area contributed by atoms with Crippen LogP contribution in [0, 0.1) is 5.92 Å². The fourth-order valence-corrected chi connectivity index (χ4v) is 1.40. The molecule has 1 aromatic rings. The van der Waals surface area contributed by atoms with Crippen LogP contribution in [0.3, 0.4) is 0 Å². The Bertz CT molecular complexity index is 241. The molecule has 1 aromatic heterocycles. The SMILES string of the molecule is CCC(CC)Cn1cc(CO)cn1. The first kappa shape index (κ1) is 10.3. The molecule has 0 radical (unpaired) electrons. The van der Waals surface area contributed by atoms with Crippen molar-refractivity contribution in [3.05, 3.63) is 18.0 Å². The Hall–Kier alpha value is -0.830. The standard InChI is InChI=1S/C10H18N2O/c1-3-9(4-2)6-12-7-10(8-13)5-11-12/h5,7,9,13H,3-4,6,8H2,1-2H3. The fourth-order valence-electron chi connectivity index (χ4n) is 1.40. The van der Waals surface area contributed by atoms with E-state index in [9.17, 15) is 0 Å². The average Bonchev–Trinajstić information content (AvgIpc) is 2.61. The predicted molar refractivity (Wildman–Crippen MR) is 52.2 cm³/mol. The molecule has 0 aromatic carbocycles. The molecule has 0 aliphatic rings. The van der Waals surface area contributed by atoms with E-state index in [1.807, 2.05) is 10.9 Å². The molecule has 13 heavy (non-hydrogen) atoms. The van der Waals surface area contributed by atoms with Crippen molar-refractivity contribution in [3.8, 4) is 0 Å². The third kappa shape index (κ3) is 2.84. The molecule has 3 heteroatoms. The van der Waals surface area contributed by atoms with Gasteiger partial charge in [0.05, 0.1) is 12.8 Å². The summed E-state index contributed by atoms with van der Waals surface area (Å²) in [6.07, 6.45) is 6.01. The maximum Gasteiger partial charge on any atom is 0.0712 e. The van der Waals surface area contributed by atoms with Crippen LogP contribution >= 0.6 is 0 Å². The Labute approximate surface area is 79.4 Å². The Morgan fingerprint density at radius 1 is 1.46 bits per heavy atom. The van der Waals surface area contributed by atoms with Crippen LogP contribution in [-0.4, -0.2) is 14.9 Å². The van der Waals surface area contributed by atoms with Crippen molar-refractivity contribution in [1.82, 2.24) is 9.78 Å². The second-order valence-corrected chi connectivity index (χ2v) is 3.41. The summed E-state index contributed by atoms with van der Waals surface area (Å²) in [5.74, 6) is 0.700. The van der Waals surface area contributed by atoms with Gasteiger partial charge in [-0.15, -0.1) is 0 Å². The lowest BCUT2D eigenvalue weighted by Gasteiger charge is -2.11. The van der Waals surface area contributed by atoms with E-state index in [1.54, 1.807) is 6.20 Å². The Kier molecular flexibility index (Phi) is 3.96. The molecule has 0 bridgehead atoms. The molecule has 0 saturated heterocycles. The van der Waals surface area contributed by atoms with Gasteiger partial charge in [0.1, 0.15) is 0 Å². The van der Waals surface area contributed by atoms with Crippen LogP contribution < -0.4 is 0 Å². The van der Waals surface area contributed by atoms with Gasteiger partial charge in [0, 0.05) is 18.3 Å². The first-order valence-corrected chi connectivity index (χ1v) is 4.92. The molecule has 74 valence electrons. The van der Waals surface area contributed by atoms with Crippen LogP contribution in [0.2, 0.25) is 0 Å². The number of hydrogen-bond acceptors (Lipinski definition) is 2. The third-order valence-electron chi connectivity index (χ3n) is 2.47. The smallest absolute Gasteiger partial charge is 0.0712 e. The van der Waals surface area contributed by atoms with E-state index < -0.39 is 0 Å². The number of aromatic nitrogens is 2. The minimum absolute atomic E-state index is 0.0862. The summed E-state index contributed by atoms with van der Waals surface area (Å²) in [7, 11) is 0. The van der Waals surface area contributed by atoms with Crippen LogP contribution in [0.4, 0.5) is 0 Å². The van der Waals surface area contributed by atoms with Gasteiger partial charge in [0.15, 0.2) is 0 Å². The molecule has 1 N–H and O–H groups in total. The zero-order valence-electron chi connectivity index (χ0n) is 8.40. The van der Waals surface area contributed by atoms with E-state index in [4.69, 9.17) is 5.11 Å². The monoisotopic (exact) mass is 182 g/mol. The van der Waals surface area contributed by atoms with Gasteiger partial charge in [-0.3, -0.25) is 4.68 Å². The molecule has 0 unspecified atom stereocenters. The summed E-state index contributed by atoms with van der Waals surface area (Å²) in [6.45, 7) is 5.45. The summed E-state index contributed by atoms with van der Waals surface area (Å²) in [4.78, 5) is 0. The normalized spacial score (nSPS) is 11.1. The van der Waals surface area contributed by atoms with Gasteiger partial charge >= 0.3 is 0 Å². The first-order valence-electron chi connectivity index (χ1n) is 4.92. The van der Waals surface area contributed by atoms with E-state index in [-0.39, 0.29) is 6.61 Å². The van der Waals surface area contributed by atoms with Crippen molar-refractivity contribution >= 4 is 0 Å². The van der Waals surface area contributed by atoms with Gasteiger partial charge in [0.25, 0.3) is 0 Å². The molecule has 1 heterocycles. The van der Waals surface area contributed by atoms with Crippen LogP contribution in [0.25, 0.3) is 0 Å². The number of aliphatic hydroxyl groups excluding tert-OH is 1. The highest BCUT2D eigenvalue weighted by atomic mass is 16.3. The minimum Gasteiger partial charge on any atom is -0.392 e. The lowest BCUT2D eigenvalue weighted by molar-refractivity contribution is 0.281. The number of aliphatic hydroxyl groups is 1. The molecule has 0 aliphatic carbocycles. The fraction of sp³-hybridized carbons (Fsp3) is 0.700. The Morgan fingerprint density at radius 3 is 2.62 bits per heavy atom. The molecular weight excluding hydrogens is 164 g/mol. The maximum absolute atomic E-state index is 8.85. The van der Waals surface area contributed by atoms with Gasteiger partial charge < -0.3 is 5.11 Å². The van der Waals surface area contributed by atoms with Crippen molar-refractivity contribution in [3.63, 3.8) is 0 Å². The van der Waals surface area contributed by atoms with E-state index in [0.717, 1.165) is 12.1 Å². The summed E-state index contributed by atoms with van der Waals surface area (Å²) in [5, 5.41) is 13.0. The van der Waals surface area contributed by atoms with Crippen LogP contribution in [0.1, 0.15) is 32.3 Å². The average molecular weight is 182 g/mol. The lowest BCUT2D eigenvalue weighted by Crippen LogP contribution is -2.09. The first-order chi connectivity index (χ1) is 6.30. The van der Waals surface area contributed by atoms with E-state index >= 15 is 0 Å². The second-order valence-electron chi connectivity index (χ2n) is 3.41. The van der Waals surface area contributed by atoms with E-state index in [2.05, 4.69) is 18.9 Å². The number of rotatable bonds is 5. The number of hydrogen-bond donors (Lipinski definition) is 1. The Morgan fingerprint density at radius 2 is 2.15 bits per heavy atom. The molecule has 0 amide bonds. The van der Waals surface area contributed by atoms with Gasteiger partial charge in [0.2, 0.25) is 0 Å². The molecule has 0 spiro atoms. The third-order valence-corrected chi connectivity index (χ3v) is 2.47. The largest absolute Gasteiger partial charge is 0.392 e. The number of nitrogens with zero attached hydrogens (tertiary/aromatic N) is 2. The topological polar surface area (TPSA) is 38.0 Å². The van der Waals surface area contributed by atoms with Crippen molar-refractivity contribution in [1.29, 1.82) is 0 Å². The molecule has 0 atom stereocenters. The minimum atomic E-state index is 0.0862. The van der Waals surface area contributed by atoms with Gasteiger partial charge in [-0.05, 0) is 5.92 Å². The highest BCUT2D eigenvalue weighted by molar-refractivity contribution is 5.01. The van der Waals surface area contributed by atoms with E-state index in [0.29, 0.717) is 5.92 Å². The van der Waals surface area contributed by atoms with Crippen molar-refractivity contribution in [2.75, 3.05) is 0 Å². The lowest BCUT2D eigenvalue weighted by atomic mass is 10.0. The van der Waals surface area contributed by atoms with Crippen LogP contribution in [0.15, 0.2) is 12.4 Å². The molecule has 0 fully saturated rings. The van der Waals surface area contributed by atoms with Crippen LogP contribution in [0.5, 0.6) is 0 Å². The molecular formula is C10H18N2O. The highest BCUT2D eigenvalue weighted by Gasteiger charge is 2.05. The van der Waals surface area contributed by atoms with Crippen molar-refractivity contribution in [2.24, 2.45) is 5.92 Å². The van der Waals surface area contributed by atoms with Gasteiger partial charge in [-0.2, -0.15) is 5.10 Å². The molecule has 1 rings (SSSR count). The quantitative estimate of drug-likeness (QED) is 0.754. The van der Waals surface area contributed by atoms with Crippen LogP contribution in [-0.2, 0) is 13.2 Å². The Balaban J connectivity index is 2.52. The summed E-state index contributed by atoms with van der Waals surface area (Å²) >= 11 is 0. The molecule has 3 nitrogen and oxygen atoms in total. The highest BCUT2D eigenvalue weighted by Crippen LogP contribution is 2.10. The zero-order valence-corrected chi connectivity index (χ0v) is 8.40. The molecule has 0 aliphatic heterocycles. The van der Waals surface area contributed by atoms with E-state index in [1.165, 1.54) is 12.8 Å². The van der Waals surface area contributed by atoms with Crippen molar-refractivity contribution in [2.45, 2.75) is 39.8 Å². The molecule has 0 saturated carbocycles. The summed E-state index contributed by atoms with van der Waals surface area (Å²) in [6, 6.07) is 0. The van der Waals surface area contributed by atoms with Crippen molar-refractivity contribution < 1.29 is 5.11 Å².